The second kappa shape index (κ2) is 6.88. The predicted octanol–water partition coefficient (Wildman–Crippen LogP) is -0.696. The average Bonchev–Trinajstić information content (AvgIpc) is 2.40. The molecule has 0 amide bonds. The quantitative estimate of drug-likeness (QED) is 0.455. The molecule has 1 atom stereocenters. The summed E-state index contributed by atoms with van der Waals surface area (Å²) in [5.74, 6) is -1.64. The molecule has 7 heteroatoms. The maximum absolute atomic E-state index is 13.4. The van der Waals surface area contributed by atoms with E-state index in [-0.39, 0.29) is 12.1 Å². The van der Waals surface area contributed by atoms with Crippen molar-refractivity contribution in [2.45, 2.75) is 11.6 Å². The molecule has 0 heterocycles. The normalized spacial score (nSPS) is 13.6. The first kappa shape index (κ1) is 15.9. The Labute approximate surface area is 109 Å². The lowest BCUT2D eigenvalue weighted by Gasteiger charge is -2.30. The summed E-state index contributed by atoms with van der Waals surface area (Å²) in [5.41, 5.74) is -1.48. The van der Waals surface area contributed by atoms with Gasteiger partial charge in [0.05, 0.1) is 31.5 Å². The van der Waals surface area contributed by atoms with E-state index >= 15 is 0 Å². The van der Waals surface area contributed by atoms with E-state index in [4.69, 9.17) is 15.3 Å². The molecule has 0 fully saturated rings. The van der Waals surface area contributed by atoms with Crippen molar-refractivity contribution in [2.75, 3.05) is 26.4 Å². The van der Waals surface area contributed by atoms with Gasteiger partial charge in [-0.05, 0) is 6.07 Å². The van der Waals surface area contributed by atoms with Crippen LogP contribution in [0, 0.1) is 11.6 Å². The zero-order valence-electron chi connectivity index (χ0n) is 10.2. The van der Waals surface area contributed by atoms with Crippen molar-refractivity contribution in [1.29, 1.82) is 0 Å². The second-order valence-electron chi connectivity index (χ2n) is 4.32. The minimum atomic E-state index is -1.36. The van der Waals surface area contributed by atoms with Gasteiger partial charge in [-0.15, -0.1) is 0 Å². The van der Waals surface area contributed by atoms with E-state index in [1.54, 1.807) is 0 Å². The van der Waals surface area contributed by atoms with Gasteiger partial charge in [-0.1, -0.05) is 6.07 Å². The predicted molar refractivity (Wildman–Crippen MR) is 63.3 cm³/mol. The van der Waals surface area contributed by atoms with E-state index in [2.05, 4.69) is 5.32 Å². The fourth-order valence-electron chi connectivity index (χ4n) is 1.51. The summed E-state index contributed by atoms with van der Waals surface area (Å²) >= 11 is 0. The van der Waals surface area contributed by atoms with Crippen LogP contribution in [0.4, 0.5) is 8.78 Å². The highest BCUT2D eigenvalue weighted by molar-refractivity contribution is 5.21. The molecule has 19 heavy (non-hydrogen) atoms. The largest absolute Gasteiger partial charge is 0.394 e. The SMILES string of the molecule is OCC(CO)(CO)NCC(O)c1ccc(F)cc1F. The monoisotopic (exact) mass is 277 g/mol. The Morgan fingerprint density at radius 3 is 2.16 bits per heavy atom. The highest BCUT2D eigenvalue weighted by atomic mass is 19.1. The van der Waals surface area contributed by atoms with Crippen molar-refractivity contribution >= 4 is 0 Å². The molecule has 0 saturated carbocycles. The van der Waals surface area contributed by atoms with Gasteiger partial charge in [0.1, 0.15) is 11.6 Å². The fourth-order valence-corrected chi connectivity index (χ4v) is 1.51. The Morgan fingerprint density at radius 2 is 1.68 bits per heavy atom. The molecule has 0 spiro atoms. The summed E-state index contributed by atoms with van der Waals surface area (Å²) in [6, 6.07) is 2.77. The van der Waals surface area contributed by atoms with Crippen LogP contribution < -0.4 is 5.32 Å². The lowest BCUT2D eigenvalue weighted by atomic mass is 10.0. The van der Waals surface area contributed by atoms with Gasteiger partial charge in [0.25, 0.3) is 0 Å². The number of halogens is 2. The van der Waals surface area contributed by atoms with Crippen LogP contribution in [0.25, 0.3) is 0 Å². The van der Waals surface area contributed by atoms with Gasteiger partial charge in [0, 0.05) is 18.2 Å². The highest BCUT2D eigenvalue weighted by Crippen LogP contribution is 2.18. The molecule has 1 unspecified atom stereocenters. The van der Waals surface area contributed by atoms with Gasteiger partial charge in [-0.2, -0.15) is 0 Å². The first-order valence-corrected chi connectivity index (χ1v) is 5.68. The molecule has 0 radical (unpaired) electrons. The van der Waals surface area contributed by atoms with Crippen molar-refractivity contribution in [1.82, 2.24) is 5.32 Å². The molecule has 0 aliphatic carbocycles. The van der Waals surface area contributed by atoms with Gasteiger partial charge >= 0.3 is 0 Å². The molecular weight excluding hydrogens is 260 g/mol. The van der Waals surface area contributed by atoms with Crippen molar-refractivity contribution < 1.29 is 29.2 Å². The average molecular weight is 277 g/mol. The molecule has 1 aromatic carbocycles. The zero-order chi connectivity index (χ0) is 14.5. The Bertz CT molecular complexity index is 404. The van der Waals surface area contributed by atoms with Gasteiger partial charge in [-0.3, -0.25) is 0 Å². The van der Waals surface area contributed by atoms with Crippen molar-refractivity contribution in [3.8, 4) is 0 Å². The summed E-state index contributed by atoms with van der Waals surface area (Å²) in [6.45, 7) is -1.89. The fraction of sp³-hybridized carbons (Fsp3) is 0.500. The van der Waals surface area contributed by atoms with Crippen LogP contribution in [0.5, 0.6) is 0 Å². The lowest BCUT2D eigenvalue weighted by Crippen LogP contribution is -2.55. The molecule has 0 saturated heterocycles. The number of hydrogen-bond acceptors (Lipinski definition) is 5. The Kier molecular flexibility index (Phi) is 5.77. The van der Waals surface area contributed by atoms with E-state index in [1.165, 1.54) is 0 Å². The van der Waals surface area contributed by atoms with E-state index in [0.717, 1.165) is 12.1 Å². The van der Waals surface area contributed by atoms with E-state index in [9.17, 15) is 13.9 Å². The maximum atomic E-state index is 13.4. The highest BCUT2D eigenvalue weighted by Gasteiger charge is 2.28. The van der Waals surface area contributed by atoms with Crippen molar-refractivity contribution in [3.63, 3.8) is 0 Å². The third kappa shape index (κ3) is 3.92. The van der Waals surface area contributed by atoms with Crippen LogP contribution in [0.15, 0.2) is 18.2 Å². The number of hydrogen-bond donors (Lipinski definition) is 5. The number of benzene rings is 1. The lowest BCUT2D eigenvalue weighted by molar-refractivity contribution is 0.0318. The van der Waals surface area contributed by atoms with Crippen LogP contribution in [0.1, 0.15) is 11.7 Å². The molecule has 5 N–H and O–H groups in total. The number of aliphatic hydroxyl groups is 4. The maximum Gasteiger partial charge on any atom is 0.131 e. The van der Waals surface area contributed by atoms with E-state index < -0.39 is 43.1 Å². The summed E-state index contributed by atoms with van der Waals surface area (Å²) in [4.78, 5) is 0. The Balaban J connectivity index is 2.72. The van der Waals surface area contributed by atoms with E-state index in [1.807, 2.05) is 0 Å². The van der Waals surface area contributed by atoms with Gasteiger partial charge < -0.3 is 25.7 Å². The molecule has 0 aliphatic rings. The molecule has 0 aliphatic heterocycles. The van der Waals surface area contributed by atoms with Crippen molar-refractivity contribution in [2.24, 2.45) is 0 Å². The minimum absolute atomic E-state index is 0.114. The van der Waals surface area contributed by atoms with Crippen LogP contribution in [-0.2, 0) is 0 Å². The summed E-state index contributed by atoms with van der Waals surface area (Å²) < 4.78 is 26.1. The van der Waals surface area contributed by atoms with Crippen LogP contribution in [0.2, 0.25) is 0 Å². The van der Waals surface area contributed by atoms with Gasteiger partial charge in [0.15, 0.2) is 0 Å². The Hall–Kier alpha value is -1.12. The first-order valence-electron chi connectivity index (χ1n) is 5.68. The molecule has 0 aromatic heterocycles. The summed E-state index contributed by atoms with van der Waals surface area (Å²) in [7, 11) is 0. The summed E-state index contributed by atoms with van der Waals surface area (Å²) in [6.07, 6.45) is -1.30. The Morgan fingerprint density at radius 1 is 1.11 bits per heavy atom. The molecule has 5 nitrogen and oxygen atoms in total. The van der Waals surface area contributed by atoms with Gasteiger partial charge in [-0.25, -0.2) is 8.78 Å². The standard InChI is InChI=1S/C12H17F2NO4/c13-8-1-2-9(10(14)3-8)11(19)4-15-12(5-16,6-17)7-18/h1-3,11,15-19H,4-7H2. The zero-order valence-corrected chi connectivity index (χ0v) is 10.2. The molecule has 0 bridgehead atoms. The molecular formula is C12H17F2NO4. The van der Waals surface area contributed by atoms with Crippen molar-refractivity contribution in [3.05, 3.63) is 35.4 Å². The first-order chi connectivity index (χ1) is 8.98. The number of aliphatic hydroxyl groups excluding tert-OH is 4. The number of β-amino-alcohol motifs (C(OH)–C–C–N with tert-alkyl or cyclic N) is 1. The smallest absolute Gasteiger partial charge is 0.131 e. The van der Waals surface area contributed by atoms with Gasteiger partial charge in [0.2, 0.25) is 0 Å². The van der Waals surface area contributed by atoms with Crippen LogP contribution in [-0.4, -0.2) is 52.3 Å². The molecule has 108 valence electrons. The third-order valence-electron chi connectivity index (χ3n) is 2.90. The summed E-state index contributed by atoms with van der Waals surface area (Å²) in [5, 5.41) is 39.5. The molecule has 1 rings (SSSR count). The third-order valence-corrected chi connectivity index (χ3v) is 2.90. The molecule has 1 aromatic rings. The second-order valence-corrected chi connectivity index (χ2v) is 4.32. The number of rotatable bonds is 7. The minimum Gasteiger partial charge on any atom is -0.394 e. The number of nitrogens with one attached hydrogen (secondary N) is 1. The van der Waals surface area contributed by atoms with Crippen LogP contribution >= 0.6 is 0 Å². The topological polar surface area (TPSA) is 93.0 Å². The van der Waals surface area contributed by atoms with Crippen LogP contribution in [0.3, 0.4) is 0 Å². The van der Waals surface area contributed by atoms with E-state index in [0.29, 0.717) is 6.07 Å².